The minimum Gasteiger partial charge on any atom is -0.331 e. The van der Waals surface area contributed by atoms with Crippen molar-refractivity contribution in [2.24, 2.45) is 5.41 Å². The number of nitrogens with zero attached hydrogens (tertiary/aromatic N) is 1. The summed E-state index contributed by atoms with van der Waals surface area (Å²) in [6.07, 6.45) is -4.80. The number of rotatable bonds is 4. The van der Waals surface area contributed by atoms with Gasteiger partial charge in [0.2, 0.25) is 11.4 Å². The van der Waals surface area contributed by atoms with Crippen LogP contribution in [0.2, 0.25) is 0 Å². The Morgan fingerprint density at radius 3 is 2.31 bits per heavy atom. The van der Waals surface area contributed by atoms with E-state index >= 15 is 0 Å². The molecular weight excluding hydrogens is 385 g/mol. The molecule has 0 radical (unpaired) electrons. The first-order valence-corrected chi connectivity index (χ1v) is 9.37. The normalized spacial score (nSPS) is 24.0. The number of ketones is 1. The van der Waals surface area contributed by atoms with Crippen molar-refractivity contribution in [3.05, 3.63) is 47.2 Å². The van der Waals surface area contributed by atoms with E-state index < -0.39 is 40.3 Å². The second-order valence-corrected chi connectivity index (χ2v) is 8.38. The quantitative estimate of drug-likeness (QED) is 0.832. The molecule has 2 amide bonds. The molecule has 1 aromatic rings. The zero-order chi connectivity index (χ0) is 21.6. The second-order valence-electron chi connectivity index (χ2n) is 8.38. The van der Waals surface area contributed by atoms with Crippen LogP contribution in [0.5, 0.6) is 0 Å². The monoisotopic (exact) mass is 408 g/mol. The molecule has 0 aromatic heterocycles. The van der Waals surface area contributed by atoms with Crippen molar-refractivity contribution in [2.75, 3.05) is 6.54 Å². The van der Waals surface area contributed by atoms with Gasteiger partial charge in [-0.2, -0.15) is 13.2 Å². The molecule has 1 unspecified atom stereocenters. The van der Waals surface area contributed by atoms with E-state index in [2.05, 4.69) is 0 Å². The van der Waals surface area contributed by atoms with Gasteiger partial charge in [-0.3, -0.25) is 14.4 Å². The van der Waals surface area contributed by atoms with E-state index in [9.17, 15) is 27.6 Å². The molecule has 1 aliphatic heterocycles. The number of nitrogens with one attached hydrogen (secondary N) is 1. The van der Waals surface area contributed by atoms with Crippen molar-refractivity contribution in [2.45, 2.75) is 51.7 Å². The summed E-state index contributed by atoms with van der Waals surface area (Å²) in [6, 6.07) is 9.05. The van der Waals surface area contributed by atoms with Gasteiger partial charge < -0.3 is 10.2 Å². The third-order valence-electron chi connectivity index (χ3n) is 5.37. The summed E-state index contributed by atoms with van der Waals surface area (Å²) >= 11 is 0. The predicted octanol–water partition coefficient (Wildman–Crippen LogP) is 3.15. The van der Waals surface area contributed by atoms with E-state index in [1.54, 1.807) is 31.3 Å². The third-order valence-corrected chi connectivity index (χ3v) is 5.37. The van der Waals surface area contributed by atoms with Gasteiger partial charge in [0.1, 0.15) is 0 Å². The standard InChI is InChI=1S/C21H23F3N2O3/c1-13(27)25-20(21(22,23)24)17-15(11-19(2,3)12-16(17)28)26(18(20)29)10-9-14-7-5-4-6-8-14/h4-8H,9-12H2,1-3H3,(H,25,27). The van der Waals surface area contributed by atoms with Crippen molar-refractivity contribution in [1.82, 2.24) is 10.2 Å². The maximum atomic E-state index is 14.3. The van der Waals surface area contributed by atoms with E-state index in [-0.39, 0.29) is 25.1 Å². The average Bonchev–Trinajstić information content (AvgIpc) is 2.81. The van der Waals surface area contributed by atoms with E-state index in [1.807, 2.05) is 18.2 Å². The Balaban J connectivity index is 2.11. The molecule has 1 aromatic carbocycles. The van der Waals surface area contributed by atoms with Crippen LogP contribution in [-0.2, 0) is 20.8 Å². The summed E-state index contributed by atoms with van der Waals surface area (Å²) in [5.41, 5.74) is -3.61. The zero-order valence-corrected chi connectivity index (χ0v) is 16.5. The van der Waals surface area contributed by atoms with Gasteiger partial charge in [0.25, 0.3) is 5.91 Å². The van der Waals surface area contributed by atoms with Crippen LogP contribution in [0.15, 0.2) is 41.6 Å². The van der Waals surface area contributed by atoms with Crippen LogP contribution >= 0.6 is 0 Å². The highest BCUT2D eigenvalue weighted by atomic mass is 19.4. The van der Waals surface area contributed by atoms with Crippen molar-refractivity contribution in [3.63, 3.8) is 0 Å². The molecule has 0 spiro atoms. The van der Waals surface area contributed by atoms with Crippen LogP contribution < -0.4 is 5.32 Å². The smallest absolute Gasteiger partial charge is 0.331 e. The first-order valence-electron chi connectivity index (χ1n) is 9.37. The molecule has 1 heterocycles. The maximum absolute atomic E-state index is 14.3. The molecule has 1 atom stereocenters. The highest BCUT2D eigenvalue weighted by Crippen LogP contribution is 2.51. The molecule has 1 N–H and O–H groups in total. The number of amides is 2. The Hall–Kier alpha value is -2.64. The number of carbonyl (C=O) groups excluding carboxylic acids is 3. The lowest BCUT2D eigenvalue weighted by molar-refractivity contribution is -0.194. The van der Waals surface area contributed by atoms with E-state index in [1.165, 1.54) is 0 Å². The van der Waals surface area contributed by atoms with E-state index in [0.717, 1.165) is 17.4 Å². The van der Waals surface area contributed by atoms with Gasteiger partial charge in [0.05, 0.1) is 5.57 Å². The summed E-state index contributed by atoms with van der Waals surface area (Å²) in [7, 11) is 0. The van der Waals surface area contributed by atoms with Gasteiger partial charge in [0.15, 0.2) is 5.78 Å². The third kappa shape index (κ3) is 3.56. The number of allylic oxidation sites excluding steroid dienone is 1. The minimum atomic E-state index is -5.14. The summed E-state index contributed by atoms with van der Waals surface area (Å²) in [4.78, 5) is 38.7. The molecule has 156 valence electrons. The van der Waals surface area contributed by atoms with Gasteiger partial charge in [0, 0.05) is 25.6 Å². The van der Waals surface area contributed by atoms with Crippen LogP contribution in [0.1, 0.15) is 39.2 Å². The molecule has 0 saturated heterocycles. The molecule has 0 bridgehead atoms. The van der Waals surface area contributed by atoms with Crippen molar-refractivity contribution < 1.29 is 27.6 Å². The number of halogens is 3. The number of benzene rings is 1. The lowest BCUT2D eigenvalue weighted by Crippen LogP contribution is -2.66. The molecule has 5 nitrogen and oxygen atoms in total. The SMILES string of the molecule is CC(=O)NC1(C(F)(F)F)C(=O)N(CCc2ccccc2)C2=C1C(=O)CC(C)(C)C2. The average molecular weight is 408 g/mol. The largest absolute Gasteiger partial charge is 0.425 e. The number of carbonyl (C=O) groups is 3. The first kappa shape index (κ1) is 21.1. The van der Waals surface area contributed by atoms with Crippen LogP contribution in [0.4, 0.5) is 13.2 Å². The number of hydrogen-bond acceptors (Lipinski definition) is 3. The molecular formula is C21H23F3N2O3. The highest BCUT2D eigenvalue weighted by Gasteiger charge is 2.71. The molecule has 0 fully saturated rings. The van der Waals surface area contributed by atoms with E-state index in [4.69, 9.17) is 0 Å². The van der Waals surface area contributed by atoms with Gasteiger partial charge in [-0.25, -0.2) is 0 Å². The Kier molecular flexibility index (Phi) is 5.09. The van der Waals surface area contributed by atoms with Crippen LogP contribution in [-0.4, -0.2) is 40.8 Å². The Labute approximate surface area is 166 Å². The van der Waals surface area contributed by atoms with Crippen molar-refractivity contribution >= 4 is 17.6 Å². The van der Waals surface area contributed by atoms with E-state index in [0.29, 0.717) is 6.42 Å². The Bertz CT molecular complexity index is 890. The van der Waals surface area contributed by atoms with Gasteiger partial charge in [-0.05, 0) is 23.8 Å². The fourth-order valence-electron chi connectivity index (χ4n) is 4.21. The molecule has 0 saturated carbocycles. The summed E-state index contributed by atoms with van der Waals surface area (Å²) in [5, 5.41) is 1.80. The van der Waals surface area contributed by atoms with Gasteiger partial charge >= 0.3 is 6.18 Å². The van der Waals surface area contributed by atoms with Crippen LogP contribution in [0.3, 0.4) is 0 Å². The highest BCUT2D eigenvalue weighted by molar-refractivity contribution is 6.13. The van der Waals surface area contributed by atoms with Crippen LogP contribution in [0, 0.1) is 5.41 Å². The fraction of sp³-hybridized carbons (Fsp3) is 0.476. The van der Waals surface area contributed by atoms with Crippen molar-refractivity contribution in [1.29, 1.82) is 0 Å². The Morgan fingerprint density at radius 1 is 1.14 bits per heavy atom. The lowest BCUT2D eigenvalue weighted by atomic mass is 9.72. The van der Waals surface area contributed by atoms with Crippen molar-refractivity contribution in [3.8, 4) is 0 Å². The topological polar surface area (TPSA) is 66.5 Å². The lowest BCUT2D eigenvalue weighted by Gasteiger charge is -2.35. The minimum absolute atomic E-state index is 0.0115. The predicted molar refractivity (Wildman–Crippen MR) is 99.5 cm³/mol. The number of Topliss-reactive ketones (excluding diaryl/α,β-unsaturated/α-hetero) is 1. The van der Waals surface area contributed by atoms with Gasteiger partial charge in [-0.15, -0.1) is 0 Å². The zero-order valence-electron chi connectivity index (χ0n) is 16.5. The number of hydrogen-bond donors (Lipinski definition) is 1. The van der Waals surface area contributed by atoms with Gasteiger partial charge in [-0.1, -0.05) is 44.2 Å². The number of alkyl halides is 3. The summed E-state index contributed by atoms with van der Waals surface area (Å²) < 4.78 is 42.8. The van der Waals surface area contributed by atoms with Crippen LogP contribution in [0.25, 0.3) is 0 Å². The molecule has 29 heavy (non-hydrogen) atoms. The summed E-state index contributed by atoms with van der Waals surface area (Å²) in [5.74, 6) is -3.09. The maximum Gasteiger partial charge on any atom is 0.425 e. The summed E-state index contributed by atoms with van der Waals surface area (Å²) in [6.45, 7) is 4.45. The molecule has 8 heteroatoms. The molecule has 2 aliphatic rings. The molecule has 1 aliphatic carbocycles. The second kappa shape index (κ2) is 7.00. The fourth-order valence-corrected chi connectivity index (χ4v) is 4.21. The molecule has 3 rings (SSSR count). The Morgan fingerprint density at radius 2 is 1.76 bits per heavy atom. The first-order chi connectivity index (χ1) is 13.4.